The van der Waals surface area contributed by atoms with E-state index in [2.05, 4.69) is 47.7 Å². The molecule has 0 aliphatic heterocycles. The Labute approximate surface area is 165 Å². The van der Waals surface area contributed by atoms with Crippen LogP contribution in [-0.2, 0) is 13.0 Å². The van der Waals surface area contributed by atoms with Crippen molar-refractivity contribution in [3.8, 4) is 0 Å². The Bertz CT molecular complexity index is 720. The van der Waals surface area contributed by atoms with E-state index in [1.165, 1.54) is 16.7 Å². The summed E-state index contributed by atoms with van der Waals surface area (Å²) in [4.78, 5) is 15.2. The Balaban J connectivity index is 0.00000312. The number of rotatable bonds is 6. The molecule has 0 unspecified atom stereocenters. The third-order valence-corrected chi connectivity index (χ3v) is 3.55. The minimum Gasteiger partial charge on any atom is -0.454 e. The predicted molar refractivity (Wildman–Crippen MR) is 110 cm³/mol. The van der Waals surface area contributed by atoms with Crippen molar-refractivity contribution in [2.75, 3.05) is 13.6 Å². The lowest BCUT2D eigenvalue weighted by Crippen LogP contribution is -2.37. The summed E-state index contributed by atoms with van der Waals surface area (Å²) in [5.41, 5.74) is 9.01. The Hall–Kier alpha value is -2.03. The second-order valence-electron chi connectivity index (χ2n) is 5.73. The number of benzene rings is 1. The maximum absolute atomic E-state index is 11.0. The van der Waals surface area contributed by atoms with Gasteiger partial charge in [0.25, 0.3) is 5.91 Å². The molecular formula is C18H25IN4O2. The lowest BCUT2D eigenvalue weighted by molar-refractivity contribution is 0.0972. The predicted octanol–water partition coefficient (Wildman–Crippen LogP) is 2.52. The van der Waals surface area contributed by atoms with Gasteiger partial charge in [-0.3, -0.25) is 9.79 Å². The zero-order chi connectivity index (χ0) is 17.5. The molecule has 0 saturated carbocycles. The number of nitrogens with two attached hydrogens (primary N) is 1. The summed E-state index contributed by atoms with van der Waals surface area (Å²) in [5, 5.41) is 6.40. The van der Waals surface area contributed by atoms with Crippen LogP contribution in [-0.4, -0.2) is 25.5 Å². The van der Waals surface area contributed by atoms with Crippen molar-refractivity contribution >= 4 is 35.8 Å². The van der Waals surface area contributed by atoms with Crippen molar-refractivity contribution < 1.29 is 9.21 Å². The first-order valence-electron chi connectivity index (χ1n) is 7.88. The molecule has 0 saturated heterocycles. The third-order valence-electron chi connectivity index (χ3n) is 3.55. The van der Waals surface area contributed by atoms with Gasteiger partial charge in [-0.2, -0.15) is 0 Å². The number of halogens is 1. The minimum absolute atomic E-state index is 0. The molecule has 2 rings (SSSR count). The highest BCUT2D eigenvalue weighted by atomic mass is 127. The summed E-state index contributed by atoms with van der Waals surface area (Å²) in [6.45, 7) is 5.41. The molecule has 4 N–H and O–H groups in total. The van der Waals surface area contributed by atoms with Gasteiger partial charge >= 0.3 is 0 Å². The van der Waals surface area contributed by atoms with E-state index in [1.807, 2.05) is 0 Å². The maximum Gasteiger partial charge on any atom is 0.284 e. The van der Waals surface area contributed by atoms with Crippen molar-refractivity contribution in [3.05, 3.63) is 58.5 Å². The number of nitrogens with zero attached hydrogens (tertiary/aromatic N) is 1. The van der Waals surface area contributed by atoms with Crippen molar-refractivity contribution in [2.45, 2.75) is 26.8 Å². The van der Waals surface area contributed by atoms with Crippen molar-refractivity contribution in [1.29, 1.82) is 0 Å². The van der Waals surface area contributed by atoms with Gasteiger partial charge in [0.15, 0.2) is 11.7 Å². The maximum atomic E-state index is 11.0. The second kappa shape index (κ2) is 10.1. The Kier molecular flexibility index (Phi) is 8.47. The quantitative estimate of drug-likeness (QED) is 0.354. The molecule has 1 aromatic heterocycles. The number of nitrogens with one attached hydrogen (secondary N) is 2. The highest BCUT2D eigenvalue weighted by Gasteiger charge is 2.07. The first-order valence-corrected chi connectivity index (χ1v) is 7.88. The zero-order valence-electron chi connectivity index (χ0n) is 14.8. The van der Waals surface area contributed by atoms with Crippen LogP contribution in [0, 0.1) is 13.8 Å². The molecule has 1 heterocycles. The van der Waals surface area contributed by atoms with E-state index in [0.717, 1.165) is 13.0 Å². The molecule has 0 radical (unpaired) electrons. The standard InChI is InChI=1S/C18H24N4O2.HI/c1-12-8-13(2)10-14(9-12)6-7-21-18(20-3)22-11-15-4-5-16(24-15)17(19)23;/h4-5,8-10H,6-7,11H2,1-3H3,(H2,19,23)(H2,20,21,22);1H. The molecule has 0 atom stereocenters. The summed E-state index contributed by atoms with van der Waals surface area (Å²) in [7, 11) is 1.71. The van der Waals surface area contributed by atoms with E-state index in [9.17, 15) is 4.79 Å². The fourth-order valence-electron chi connectivity index (χ4n) is 2.54. The monoisotopic (exact) mass is 456 g/mol. The molecule has 1 aromatic carbocycles. The number of hydrogen-bond acceptors (Lipinski definition) is 3. The highest BCUT2D eigenvalue weighted by molar-refractivity contribution is 14.0. The molecule has 6 nitrogen and oxygen atoms in total. The smallest absolute Gasteiger partial charge is 0.284 e. The lowest BCUT2D eigenvalue weighted by Gasteiger charge is -2.11. The van der Waals surface area contributed by atoms with Gasteiger partial charge in [-0.15, -0.1) is 24.0 Å². The fourth-order valence-corrected chi connectivity index (χ4v) is 2.54. The van der Waals surface area contributed by atoms with Crippen molar-refractivity contribution in [3.63, 3.8) is 0 Å². The lowest BCUT2D eigenvalue weighted by atomic mass is 10.1. The summed E-state index contributed by atoms with van der Waals surface area (Å²) in [6, 6.07) is 9.84. The number of furan rings is 1. The van der Waals surface area contributed by atoms with Gasteiger partial charge in [-0.1, -0.05) is 29.3 Å². The molecule has 136 valence electrons. The van der Waals surface area contributed by atoms with E-state index in [0.29, 0.717) is 18.3 Å². The van der Waals surface area contributed by atoms with E-state index in [1.54, 1.807) is 19.2 Å². The topological polar surface area (TPSA) is 92.6 Å². The van der Waals surface area contributed by atoms with Gasteiger partial charge in [0.2, 0.25) is 0 Å². The molecule has 0 fully saturated rings. The number of carbonyl (C=O) groups is 1. The molecule has 7 heteroatoms. The number of aliphatic imine (C=N–C) groups is 1. The fraction of sp³-hybridized carbons (Fsp3) is 0.333. The highest BCUT2D eigenvalue weighted by Crippen LogP contribution is 2.09. The first-order chi connectivity index (χ1) is 11.5. The van der Waals surface area contributed by atoms with E-state index < -0.39 is 5.91 Å². The van der Waals surface area contributed by atoms with Gasteiger partial charge in [0.1, 0.15) is 5.76 Å². The van der Waals surface area contributed by atoms with Gasteiger partial charge in [0, 0.05) is 13.6 Å². The molecular weight excluding hydrogens is 431 g/mol. The van der Waals surface area contributed by atoms with Crippen LogP contribution < -0.4 is 16.4 Å². The molecule has 0 bridgehead atoms. The number of carbonyl (C=O) groups excluding carboxylic acids is 1. The second-order valence-corrected chi connectivity index (χ2v) is 5.73. The Morgan fingerprint density at radius 2 is 1.84 bits per heavy atom. The summed E-state index contributed by atoms with van der Waals surface area (Å²) in [5.74, 6) is 0.888. The average molecular weight is 456 g/mol. The van der Waals surface area contributed by atoms with Crippen LogP contribution in [0.15, 0.2) is 39.7 Å². The van der Waals surface area contributed by atoms with Gasteiger partial charge < -0.3 is 20.8 Å². The summed E-state index contributed by atoms with van der Waals surface area (Å²) >= 11 is 0. The first kappa shape index (κ1) is 21.0. The summed E-state index contributed by atoms with van der Waals surface area (Å²) < 4.78 is 5.32. The van der Waals surface area contributed by atoms with Crippen LogP contribution in [0.25, 0.3) is 0 Å². The Morgan fingerprint density at radius 1 is 1.16 bits per heavy atom. The van der Waals surface area contributed by atoms with Crippen LogP contribution in [0.1, 0.15) is 33.0 Å². The molecule has 0 aliphatic rings. The van der Waals surface area contributed by atoms with E-state index in [-0.39, 0.29) is 29.7 Å². The number of primary amides is 1. The largest absolute Gasteiger partial charge is 0.454 e. The summed E-state index contributed by atoms with van der Waals surface area (Å²) in [6.07, 6.45) is 0.912. The normalized spacial score (nSPS) is 10.9. The minimum atomic E-state index is -0.572. The van der Waals surface area contributed by atoms with Crippen LogP contribution in [0.2, 0.25) is 0 Å². The molecule has 25 heavy (non-hydrogen) atoms. The van der Waals surface area contributed by atoms with Crippen molar-refractivity contribution in [1.82, 2.24) is 10.6 Å². The van der Waals surface area contributed by atoms with Gasteiger partial charge in [-0.05, 0) is 38.0 Å². The molecule has 2 aromatic rings. The number of aryl methyl sites for hydroxylation is 2. The molecule has 0 aliphatic carbocycles. The number of hydrogen-bond donors (Lipinski definition) is 3. The SMILES string of the molecule is CN=C(NCCc1cc(C)cc(C)c1)NCc1ccc(C(N)=O)o1.I. The number of guanidine groups is 1. The molecule has 1 amide bonds. The van der Waals surface area contributed by atoms with Gasteiger partial charge in [0.05, 0.1) is 6.54 Å². The van der Waals surface area contributed by atoms with E-state index >= 15 is 0 Å². The molecule has 0 spiro atoms. The van der Waals surface area contributed by atoms with E-state index in [4.69, 9.17) is 10.2 Å². The van der Waals surface area contributed by atoms with Crippen LogP contribution in [0.4, 0.5) is 0 Å². The van der Waals surface area contributed by atoms with Crippen molar-refractivity contribution in [2.24, 2.45) is 10.7 Å². The Morgan fingerprint density at radius 3 is 2.40 bits per heavy atom. The van der Waals surface area contributed by atoms with Crippen LogP contribution >= 0.6 is 24.0 Å². The van der Waals surface area contributed by atoms with Gasteiger partial charge in [-0.25, -0.2) is 0 Å². The average Bonchev–Trinajstić information content (AvgIpc) is 2.99. The van der Waals surface area contributed by atoms with Crippen LogP contribution in [0.3, 0.4) is 0 Å². The zero-order valence-corrected chi connectivity index (χ0v) is 17.1. The number of amides is 1. The third kappa shape index (κ3) is 6.77. The van der Waals surface area contributed by atoms with Crippen LogP contribution in [0.5, 0.6) is 0 Å².